The van der Waals surface area contributed by atoms with E-state index in [1.165, 1.54) is 0 Å². The van der Waals surface area contributed by atoms with Gasteiger partial charge in [-0.05, 0) is 38.7 Å². The van der Waals surface area contributed by atoms with Crippen LogP contribution in [0, 0.1) is 0 Å². The van der Waals surface area contributed by atoms with Crippen LogP contribution in [0.15, 0.2) is 24.4 Å². The first kappa shape index (κ1) is 15.8. The lowest BCUT2D eigenvalue weighted by Crippen LogP contribution is -2.43. The Balaban J connectivity index is 1.84. The summed E-state index contributed by atoms with van der Waals surface area (Å²) in [6.45, 7) is 1.49. The van der Waals surface area contributed by atoms with E-state index in [4.69, 9.17) is 4.74 Å². The molecule has 0 radical (unpaired) electrons. The number of amides is 1. The van der Waals surface area contributed by atoms with Crippen LogP contribution in [0.4, 0.5) is 0 Å². The van der Waals surface area contributed by atoms with Crippen molar-refractivity contribution in [1.29, 1.82) is 0 Å². The highest BCUT2D eigenvalue weighted by Crippen LogP contribution is 2.28. The third-order valence-corrected chi connectivity index (χ3v) is 4.35. The van der Waals surface area contributed by atoms with Gasteiger partial charge < -0.3 is 24.6 Å². The molecule has 23 heavy (non-hydrogen) atoms. The van der Waals surface area contributed by atoms with E-state index in [2.05, 4.69) is 4.98 Å². The Hall–Kier alpha value is -2.05. The van der Waals surface area contributed by atoms with E-state index in [0.29, 0.717) is 31.6 Å². The molecule has 2 N–H and O–H groups in total. The Morgan fingerprint density at radius 3 is 2.96 bits per heavy atom. The highest BCUT2D eigenvalue weighted by atomic mass is 16.5. The number of rotatable bonds is 4. The third-order valence-electron chi connectivity index (χ3n) is 4.35. The minimum atomic E-state index is -0.830. The maximum absolute atomic E-state index is 12.8. The molecule has 1 aromatic heterocycles. The topological polar surface area (TPSA) is 68.8 Å². The van der Waals surface area contributed by atoms with Gasteiger partial charge in [0.15, 0.2) is 0 Å². The van der Waals surface area contributed by atoms with Gasteiger partial charge in [0, 0.05) is 30.2 Å². The summed E-state index contributed by atoms with van der Waals surface area (Å²) in [6.07, 6.45) is 2.33. The first-order chi connectivity index (χ1) is 10.9. The lowest BCUT2D eigenvalue weighted by Gasteiger charge is -2.26. The number of hydrogen-bond acceptors (Lipinski definition) is 4. The van der Waals surface area contributed by atoms with Crippen LogP contribution in [-0.4, -0.2) is 72.2 Å². The van der Waals surface area contributed by atoms with E-state index in [9.17, 15) is 9.90 Å². The number of carbonyl (C=O) groups excluding carboxylic acids is 1. The average Bonchev–Trinajstić information content (AvgIpc) is 3.09. The standard InChI is InChI=1S/C17H23N3O3/c1-19(2)10-17(22)6-7-20(11-17)16(21)14-9-18-15-5-4-12(23-3)8-13(14)15/h4-5,8-9,18,22H,6-7,10-11H2,1-3H3/t17-/m0/s1. The van der Waals surface area contributed by atoms with Gasteiger partial charge in [-0.1, -0.05) is 0 Å². The highest BCUT2D eigenvalue weighted by molar-refractivity contribution is 6.07. The largest absolute Gasteiger partial charge is 0.497 e. The average molecular weight is 317 g/mol. The molecule has 124 valence electrons. The van der Waals surface area contributed by atoms with Crippen molar-refractivity contribution in [2.75, 3.05) is 40.8 Å². The lowest BCUT2D eigenvalue weighted by atomic mass is 10.0. The first-order valence-corrected chi connectivity index (χ1v) is 7.73. The van der Waals surface area contributed by atoms with Gasteiger partial charge in [0.1, 0.15) is 5.75 Å². The minimum absolute atomic E-state index is 0.0563. The zero-order chi connectivity index (χ0) is 16.6. The number of nitrogens with one attached hydrogen (secondary N) is 1. The van der Waals surface area contributed by atoms with Crippen molar-refractivity contribution >= 4 is 16.8 Å². The summed E-state index contributed by atoms with van der Waals surface area (Å²) >= 11 is 0. The molecular formula is C17H23N3O3. The van der Waals surface area contributed by atoms with Crippen molar-refractivity contribution in [3.05, 3.63) is 30.0 Å². The second kappa shape index (κ2) is 5.86. The summed E-state index contributed by atoms with van der Waals surface area (Å²) in [6, 6.07) is 5.62. The zero-order valence-corrected chi connectivity index (χ0v) is 13.8. The number of likely N-dealkylation sites (tertiary alicyclic amines) is 1. The number of ether oxygens (including phenoxy) is 1. The molecule has 1 fully saturated rings. The van der Waals surface area contributed by atoms with Crippen LogP contribution >= 0.6 is 0 Å². The van der Waals surface area contributed by atoms with Gasteiger partial charge in [-0.2, -0.15) is 0 Å². The van der Waals surface area contributed by atoms with Gasteiger partial charge in [-0.25, -0.2) is 0 Å². The molecule has 0 aliphatic carbocycles. The smallest absolute Gasteiger partial charge is 0.256 e. The molecule has 0 spiro atoms. The fourth-order valence-corrected chi connectivity index (χ4v) is 3.32. The molecule has 6 heteroatoms. The van der Waals surface area contributed by atoms with Crippen molar-refractivity contribution in [2.24, 2.45) is 0 Å². The Morgan fingerprint density at radius 1 is 1.48 bits per heavy atom. The van der Waals surface area contributed by atoms with Gasteiger partial charge in [-0.3, -0.25) is 4.79 Å². The molecule has 2 aromatic rings. The first-order valence-electron chi connectivity index (χ1n) is 7.73. The molecular weight excluding hydrogens is 294 g/mol. The Kier molecular flexibility index (Phi) is 4.04. The van der Waals surface area contributed by atoms with E-state index < -0.39 is 5.60 Å². The van der Waals surface area contributed by atoms with Crippen LogP contribution < -0.4 is 4.74 Å². The zero-order valence-electron chi connectivity index (χ0n) is 13.8. The number of likely N-dealkylation sites (N-methyl/N-ethyl adjacent to an activating group) is 1. The van der Waals surface area contributed by atoms with Crippen molar-refractivity contribution < 1.29 is 14.6 Å². The van der Waals surface area contributed by atoms with Crippen LogP contribution in [0.3, 0.4) is 0 Å². The van der Waals surface area contributed by atoms with Gasteiger partial charge in [0.2, 0.25) is 0 Å². The van der Waals surface area contributed by atoms with E-state index in [0.717, 1.165) is 16.7 Å². The SMILES string of the molecule is COc1ccc2[nH]cc(C(=O)N3CC[C@](O)(CN(C)C)C3)c2c1. The fourth-order valence-electron chi connectivity index (χ4n) is 3.32. The van der Waals surface area contributed by atoms with Crippen molar-refractivity contribution in [1.82, 2.24) is 14.8 Å². The monoisotopic (exact) mass is 317 g/mol. The Bertz CT molecular complexity index is 725. The molecule has 3 rings (SSSR count). The second-order valence-corrected chi connectivity index (χ2v) is 6.55. The number of benzene rings is 1. The minimum Gasteiger partial charge on any atom is -0.497 e. The highest BCUT2D eigenvalue weighted by Gasteiger charge is 2.39. The van der Waals surface area contributed by atoms with Crippen LogP contribution in [0.5, 0.6) is 5.75 Å². The number of fused-ring (bicyclic) bond motifs is 1. The van der Waals surface area contributed by atoms with Crippen molar-refractivity contribution in [2.45, 2.75) is 12.0 Å². The third kappa shape index (κ3) is 3.04. The quantitative estimate of drug-likeness (QED) is 0.892. The molecule has 1 aromatic carbocycles. The van der Waals surface area contributed by atoms with E-state index in [1.807, 2.05) is 37.2 Å². The molecule has 1 amide bonds. The van der Waals surface area contributed by atoms with Crippen LogP contribution in [0.1, 0.15) is 16.8 Å². The van der Waals surface area contributed by atoms with E-state index in [1.54, 1.807) is 18.2 Å². The number of aromatic amines is 1. The molecule has 1 aliphatic heterocycles. The summed E-state index contributed by atoms with van der Waals surface area (Å²) < 4.78 is 5.24. The predicted molar refractivity (Wildman–Crippen MR) is 88.9 cm³/mol. The normalized spacial score (nSPS) is 21.3. The number of nitrogens with zero attached hydrogens (tertiary/aromatic N) is 2. The molecule has 1 saturated heterocycles. The predicted octanol–water partition coefficient (Wildman–Crippen LogP) is 1.32. The van der Waals surface area contributed by atoms with Crippen LogP contribution in [0.25, 0.3) is 10.9 Å². The van der Waals surface area contributed by atoms with Gasteiger partial charge in [0.05, 0.1) is 24.8 Å². The maximum Gasteiger partial charge on any atom is 0.256 e. The van der Waals surface area contributed by atoms with Gasteiger partial charge in [0.25, 0.3) is 5.91 Å². The lowest BCUT2D eigenvalue weighted by molar-refractivity contribution is 0.0236. The number of methoxy groups -OCH3 is 1. The Labute approximate surface area is 135 Å². The number of β-amino-alcohol motifs (C(OH)–C–C–N with tert-alkyl or cyclic N) is 1. The summed E-state index contributed by atoms with van der Waals surface area (Å²) in [7, 11) is 5.46. The van der Waals surface area contributed by atoms with Crippen LogP contribution in [-0.2, 0) is 0 Å². The molecule has 1 atom stereocenters. The number of H-pyrrole nitrogens is 1. The summed E-state index contributed by atoms with van der Waals surface area (Å²) in [4.78, 5) is 19.6. The number of carbonyl (C=O) groups is 1. The summed E-state index contributed by atoms with van der Waals surface area (Å²) in [5.41, 5.74) is 0.688. The van der Waals surface area contributed by atoms with Crippen LogP contribution in [0.2, 0.25) is 0 Å². The second-order valence-electron chi connectivity index (χ2n) is 6.55. The summed E-state index contributed by atoms with van der Waals surface area (Å²) in [5, 5.41) is 11.5. The van der Waals surface area contributed by atoms with Crippen molar-refractivity contribution in [3.8, 4) is 5.75 Å². The number of hydrogen-bond donors (Lipinski definition) is 2. The summed E-state index contributed by atoms with van der Waals surface area (Å²) in [5.74, 6) is 0.663. The Morgan fingerprint density at radius 2 is 2.26 bits per heavy atom. The van der Waals surface area contributed by atoms with E-state index >= 15 is 0 Å². The molecule has 0 bridgehead atoms. The number of aromatic nitrogens is 1. The molecule has 1 aliphatic rings. The number of aliphatic hydroxyl groups is 1. The molecule has 6 nitrogen and oxygen atoms in total. The van der Waals surface area contributed by atoms with Gasteiger partial charge in [-0.15, -0.1) is 0 Å². The molecule has 0 saturated carbocycles. The molecule has 2 heterocycles. The van der Waals surface area contributed by atoms with Gasteiger partial charge >= 0.3 is 0 Å². The maximum atomic E-state index is 12.8. The fraction of sp³-hybridized carbons (Fsp3) is 0.471. The van der Waals surface area contributed by atoms with Crippen molar-refractivity contribution in [3.63, 3.8) is 0 Å². The van der Waals surface area contributed by atoms with E-state index in [-0.39, 0.29) is 5.91 Å². The molecule has 0 unspecified atom stereocenters.